The summed E-state index contributed by atoms with van der Waals surface area (Å²) in [4.78, 5) is 0. The lowest BCUT2D eigenvalue weighted by Gasteiger charge is -2.16. The standard InChI is InChI=1S/C17H15ClF3N7/c18-9-5-6-14(11(7-9)25-26-12(8-22)16(23)24)28-13-4-2-1-3-10(13)15(27-28)17(19,20)21/h5-7,25H,1-4H2,(H3,23,24)/b26-12+. The molecule has 1 aliphatic carbocycles. The summed E-state index contributed by atoms with van der Waals surface area (Å²) in [5, 5.41) is 24.1. The van der Waals surface area contributed by atoms with Crippen molar-refractivity contribution in [2.75, 3.05) is 5.43 Å². The van der Waals surface area contributed by atoms with Crippen molar-refractivity contribution in [2.45, 2.75) is 31.9 Å². The number of benzene rings is 1. The Hall–Kier alpha value is -3.06. The van der Waals surface area contributed by atoms with Crippen molar-refractivity contribution in [3.63, 3.8) is 0 Å². The van der Waals surface area contributed by atoms with E-state index in [1.54, 1.807) is 6.07 Å². The Labute approximate surface area is 163 Å². The molecule has 1 heterocycles. The summed E-state index contributed by atoms with van der Waals surface area (Å²) in [5.41, 5.74) is 7.75. The second-order valence-electron chi connectivity index (χ2n) is 6.15. The summed E-state index contributed by atoms with van der Waals surface area (Å²) in [6.45, 7) is 0. The van der Waals surface area contributed by atoms with E-state index in [0.29, 0.717) is 35.7 Å². The van der Waals surface area contributed by atoms with Crippen molar-refractivity contribution < 1.29 is 13.2 Å². The quantitative estimate of drug-likeness (QED) is 0.406. The van der Waals surface area contributed by atoms with Crippen LogP contribution in [0.3, 0.4) is 0 Å². The minimum absolute atomic E-state index is 0.199. The number of halogens is 4. The molecule has 0 amide bonds. The molecule has 0 unspecified atom stereocenters. The van der Waals surface area contributed by atoms with Crippen molar-refractivity contribution >= 4 is 28.8 Å². The monoisotopic (exact) mass is 409 g/mol. The highest BCUT2D eigenvalue weighted by atomic mass is 35.5. The lowest BCUT2D eigenvalue weighted by molar-refractivity contribution is -0.142. The molecule has 0 aliphatic heterocycles. The summed E-state index contributed by atoms with van der Waals surface area (Å²) < 4.78 is 41.6. The molecule has 11 heteroatoms. The smallest absolute Gasteiger partial charge is 0.382 e. The predicted octanol–water partition coefficient (Wildman–Crippen LogP) is 3.65. The molecule has 0 atom stereocenters. The number of nitrogens with two attached hydrogens (primary N) is 1. The van der Waals surface area contributed by atoms with Crippen LogP contribution in [0.5, 0.6) is 0 Å². The Morgan fingerprint density at radius 1 is 1.36 bits per heavy atom. The molecular weight excluding hydrogens is 395 g/mol. The number of fused-ring (bicyclic) bond motifs is 1. The maximum atomic E-state index is 13.5. The van der Waals surface area contributed by atoms with Gasteiger partial charge in [-0.3, -0.25) is 10.8 Å². The number of alkyl halides is 3. The van der Waals surface area contributed by atoms with Crippen LogP contribution in [-0.4, -0.2) is 21.3 Å². The molecule has 0 fully saturated rings. The molecular formula is C17H15ClF3N7. The van der Waals surface area contributed by atoms with Gasteiger partial charge in [0.2, 0.25) is 5.71 Å². The average molecular weight is 410 g/mol. The Morgan fingerprint density at radius 2 is 2.07 bits per heavy atom. The first-order valence-electron chi connectivity index (χ1n) is 8.28. The molecule has 0 saturated carbocycles. The normalized spacial score (nSPS) is 14.3. The van der Waals surface area contributed by atoms with Crippen molar-refractivity contribution in [1.29, 1.82) is 10.7 Å². The number of rotatable bonds is 4. The molecule has 146 valence electrons. The maximum Gasteiger partial charge on any atom is 0.435 e. The number of hydrazone groups is 1. The third-order valence-electron chi connectivity index (χ3n) is 4.28. The van der Waals surface area contributed by atoms with Gasteiger partial charge in [-0.1, -0.05) is 11.6 Å². The largest absolute Gasteiger partial charge is 0.435 e. The molecule has 0 saturated heterocycles. The van der Waals surface area contributed by atoms with Crippen molar-refractivity contribution in [3.05, 3.63) is 40.2 Å². The van der Waals surface area contributed by atoms with Crippen molar-refractivity contribution in [2.24, 2.45) is 10.8 Å². The highest BCUT2D eigenvalue weighted by Crippen LogP contribution is 2.38. The SMILES string of the molecule is N#C/C(=N\Nc1cc(Cl)ccc1-n1nc(C(F)(F)F)c2c1CCCC2)C(=N)N. The van der Waals surface area contributed by atoms with E-state index in [4.69, 9.17) is 28.0 Å². The zero-order chi connectivity index (χ0) is 20.5. The molecule has 1 aliphatic rings. The predicted molar refractivity (Wildman–Crippen MR) is 98.8 cm³/mol. The van der Waals surface area contributed by atoms with Gasteiger partial charge in [-0.05, 0) is 43.9 Å². The van der Waals surface area contributed by atoms with E-state index < -0.39 is 17.7 Å². The zero-order valence-corrected chi connectivity index (χ0v) is 15.2. The minimum atomic E-state index is -4.56. The molecule has 1 aromatic heterocycles. The Balaban J connectivity index is 2.14. The minimum Gasteiger partial charge on any atom is -0.382 e. The fourth-order valence-corrected chi connectivity index (χ4v) is 3.24. The van der Waals surface area contributed by atoms with E-state index in [1.165, 1.54) is 22.9 Å². The number of amidine groups is 1. The van der Waals surface area contributed by atoms with Gasteiger partial charge in [-0.25, -0.2) is 4.68 Å². The Kier molecular flexibility index (Phi) is 5.29. The van der Waals surface area contributed by atoms with Gasteiger partial charge >= 0.3 is 6.18 Å². The Morgan fingerprint density at radius 3 is 2.71 bits per heavy atom. The second-order valence-corrected chi connectivity index (χ2v) is 6.59. The van der Waals surface area contributed by atoms with Crippen LogP contribution in [0, 0.1) is 16.7 Å². The lowest BCUT2D eigenvalue weighted by Crippen LogP contribution is -2.22. The zero-order valence-electron chi connectivity index (χ0n) is 14.4. The summed E-state index contributed by atoms with van der Waals surface area (Å²) in [7, 11) is 0. The molecule has 4 N–H and O–H groups in total. The summed E-state index contributed by atoms with van der Waals surface area (Å²) in [6.07, 6.45) is -2.37. The molecule has 28 heavy (non-hydrogen) atoms. The van der Waals surface area contributed by atoms with Gasteiger partial charge in [-0.2, -0.15) is 28.6 Å². The summed E-state index contributed by atoms with van der Waals surface area (Å²) in [5.74, 6) is -0.547. The topological polar surface area (TPSA) is 116 Å². The molecule has 2 aromatic rings. The molecule has 3 rings (SSSR count). The highest BCUT2D eigenvalue weighted by Gasteiger charge is 2.39. The van der Waals surface area contributed by atoms with E-state index in [-0.39, 0.29) is 17.0 Å². The van der Waals surface area contributed by atoms with Crippen LogP contribution < -0.4 is 11.2 Å². The highest BCUT2D eigenvalue weighted by molar-refractivity contribution is 6.45. The van der Waals surface area contributed by atoms with E-state index in [0.717, 1.165) is 6.42 Å². The van der Waals surface area contributed by atoms with E-state index in [2.05, 4.69) is 15.6 Å². The van der Waals surface area contributed by atoms with Crippen molar-refractivity contribution in [3.8, 4) is 11.8 Å². The van der Waals surface area contributed by atoms with Gasteiger partial charge in [0.1, 0.15) is 6.07 Å². The summed E-state index contributed by atoms with van der Waals surface area (Å²) >= 11 is 6.01. The molecule has 1 aromatic carbocycles. The van der Waals surface area contributed by atoms with Crippen LogP contribution in [0.15, 0.2) is 23.3 Å². The maximum absolute atomic E-state index is 13.5. The van der Waals surface area contributed by atoms with Crippen molar-refractivity contribution in [1.82, 2.24) is 9.78 Å². The van der Waals surface area contributed by atoms with Gasteiger partial charge < -0.3 is 5.73 Å². The number of nitrogens with one attached hydrogen (secondary N) is 2. The van der Waals surface area contributed by atoms with Gasteiger partial charge in [0.05, 0.1) is 11.4 Å². The van der Waals surface area contributed by atoms with Crippen LogP contribution in [0.2, 0.25) is 5.02 Å². The van der Waals surface area contributed by atoms with Crippen LogP contribution >= 0.6 is 11.6 Å². The van der Waals surface area contributed by atoms with Gasteiger partial charge in [-0.15, -0.1) is 0 Å². The van der Waals surface area contributed by atoms with Gasteiger partial charge in [0.25, 0.3) is 0 Å². The van der Waals surface area contributed by atoms with Crippen LogP contribution in [-0.2, 0) is 19.0 Å². The van der Waals surface area contributed by atoms with Crippen LogP contribution in [0.1, 0.15) is 29.8 Å². The molecule has 0 spiro atoms. The number of anilines is 1. The van der Waals surface area contributed by atoms with Crippen LogP contribution in [0.4, 0.5) is 18.9 Å². The third-order valence-corrected chi connectivity index (χ3v) is 4.52. The number of nitriles is 1. The van der Waals surface area contributed by atoms with Gasteiger partial charge in [0.15, 0.2) is 11.5 Å². The number of hydrogen-bond acceptors (Lipinski definition) is 5. The first-order chi connectivity index (χ1) is 13.2. The van der Waals surface area contributed by atoms with E-state index in [9.17, 15) is 13.2 Å². The molecule has 0 bridgehead atoms. The average Bonchev–Trinajstić information content (AvgIpc) is 3.02. The summed E-state index contributed by atoms with van der Waals surface area (Å²) in [6, 6.07) is 6.13. The fraction of sp³-hybridized carbons (Fsp3) is 0.294. The first kappa shape index (κ1) is 19.7. The lowest BCUT2D eigenvalue weighted by atomic mass is 9.95. The van der Waals surface area contributed by atoms with Crippen LogP contribution in [0.25, 0.3) is 5.69 Å². The number of aromatic nitrogens is 2. The first-order valence-corrected chi connectivity index (χ1v) is 8.66. The second kappa shape index (κ2) is 7.52. The molecule has 7 nitrogen and oxygen atoms in total. The third kappa shape index (κ3) is 3.80. The fourth-order valence-electron chi connectivity index (χ4n) is 3.07. The van der Waals surface area contributed by atoms with E-state index >= 15 is 0 Å². The molecule has 0 radical (unpaired) electrons. The van der Waals surface area contributed by atoms with E-state index in [1.807, 2.05) is 0 Å². The number of nitrogens with zero attached hydrogens (tertiary/aromatic N) is 4. The Bertz CT molecular complexity index is 1000. The van der Waals surface area contributed by atoms with Gasteiger partial charge in [0, 0.05) is 16.3 Å². The number of hydrogen-bond donors (Lipinski definition) is 3.